The molecule has 0 fully saturated rings. The predicted molar refractivity (Wildman–Crippen MR) is 108 cm³/mol. The summed E-state index contributed by atoms with van der Waals surface area (Å²) in [6, 6.07) is 1.24. The molecular formula is C14H6Cl8O4. The van der Waals surface area contributed by atoms with E-state index in [0.29, 0.717) is 0 Å². The molecule has 0 saturated carbocycles. The topological polar surface area (TPSA) is 66.8 Å². The monoisotopic (exact) mass is 518 g/mol. The molecule has 2 aromatic carbocycles. The summed E-state index contributed by atoms with van der Waals surface area (Å²) in [5.74, 6) is -1.49. The van der Waals surface area contributed by atoms with Gasteiger partial charge in [0, 0.05) is 6.92 Å². The summed E-state index contributed by atoms with van der Waals surface area (Å²) in [6.07, 6.45) is 0. The fourth-order valence-corrected chi connectivity index (χ4v) is 3.47. The van der Waals surface area contributed by atoms with Crippen molar-refractivity contribution in [2.24, 2.45) is 0 Å². The Morgan fingerprint density at radius 3 is 1.58 bits per heavy atom. The molecule has 0 aromatic heterocycles. The minimum atomic E-state index is -0.833. The third kappa shape index (κ3) is 5.43. The molecule has 0 amide bonds. The Bertz CT molecular complexity index is 836. The van der Waals surface area contributed by atoms with E-state index in [4.69, 9.17) is 107 Å². The van der Waals surface area contributed by atoms with Gasteiger partial charge in [0.1, 0.15) is 15.1 Å². The first-order chi connectivity index (χ1) is 11.9. The first-order valence-electron chi connectivity index (χ1n) is 6.15. The summed E-state index contributed by atoms with van der Waals surface area (Å²) in [5, 5.41) is 16.6. The van der Waals surface area contributed by atoms with Crippen LogP contribution in [0.1, 0.15) is 6.92 Å². The highest BCUT2D eigenvalue weighted by atomic mass is 35.5. The molecule has 0 radical (unpaired) electrons. The minimum Gasteiger partial charge on any atom is -0.505 e. The van der Waals surface area contributed by atoms with Crippen molar-refractivity contribution in [1.29, 1.82) is 0 Å². The van der Waals surface area contributed by atoms with Crippen molar-refractivity contribution in [2.45, 2.75) is 6.92 Å². The molecule has 26 heavy (non-hydrogen) atoms. The number of aliphatic carboxylic acids is 1. The molecule has 0 atom stereocenters. The SMILES string of the molecule is CC(=O)O.Oc1c(Cl)cc(Cl)c(Oc2c(Cl)c(Cl)c(Cl)c(Cl)c2Cl)c1Cl. The Morgan fingerprint density at radius 1 is 0.769 bits per heavy atom. The van der Waals surface area contributed by atoms with Gasteiger partial charge in [-0.15, -0.1) is 0 Å². The first kappa shape index (κ1) is 23.9. The normalized spacial score (nSPS) is 10.2. The van der Waals surface area contributed by atoms with Gasteiger partial charge >= 0.3 is 0 Å². The van der Waals surface area contributed by atoms with E-state index in [-0.39, 0.29) is 51.7 Å². The van der Waals surface area contributed by atoms with Crippen LogP contribution in [0.5, 0.6) is 17.2 Å². The van der Waals surface area contributed by atoms with Crippen LogP contribution in [0.3, 0.4) is 0 Å². The number of phenolic OH excluding ortho intramolecular Hbond substituents is 1. The van der Waals surface area contributed by atoms with Gasteiger partial charge in [-0.1, -0.05) is 92.8 Å². The number of halogens is 8. The Balaban J connectivity index is 0.000000765. The largest absolute Gasteiger partial charge is 0.505 e. The molecule has 2 rings (SSSR count). The Morgan fingerprint density at radius 2 is 1.15 bits per heavy atom. The molecule has 0 aliphatic rings. The Kier molecular flexibility index (Phi) is 9.04. The molecule has 0 aliphatic heterocycles. The second-order valence-corrected chi connectivity index (χ2v) is 7.43. The lowest BCUT2D eigenvalue weighted by atomic mass is 10.3. The zero-order valence-electron chi connectivity index (χ0n) is 12.3. The van der Waals surface area contributed by atoms with Crippen molar-refractivity contribution < 1.29 is 19.7 Å². The lowest BCUT2D eigenvalue weighted by Gasteiger charge is -2.16. The van der Waals surface area contributed by atoms with Crippen LogP contribution < -0.4 is 4.74 Å². The van der Waals surface area contributed by atoms with Gasteiger partial charge in [0.25, 0.3) is 5.97 Å². The molecule has 0 unspecified atom stereocenters. The number of aromatic hydroxyl groups is 1. The molecule has 4 nitrogen and oxygen atoms in total. The van der Waals surface area contributed by atoms with Gasteiger partial charge < -0.3 is 14.9 Å². The average Bonchev–Trinajstić information content (AvgIpc) is 2.55. The van der Waals surface area contributed by atoms with Crippen LogP contribution in [-0.4, -0.2) is 16.2 Å². The fraction of sp³-hybridized carbons (Fsp3) is 0.0714. The number of carboxylic acid groups (broad SMARTS) is 1. The van der Waals surface area contributed by atoms with Crippen LogP contribution in [0.2, 0.25) is 40.2 Å². The van der Waals surface area contributed by atoms with E-state index in [1.54, 1.807) is 0 Å². The van der Waals surface area contributed by atoms with E-state index in [9.17, 15) is 5.11 Å². The number of rotatable bonds is 2. The summed E-state index contributed by atoms with van der Waals surface area (Å²) in [5.41, 5.74) is 0. The highest BCUT2D eigenvalue weighted by Crippen LogP contribution is 2.52. The van der Waals surface area contributed by atoms with Crippen molar-refractivity contribution in [3.63, 3.8) is 0 Å². The van der Waals surface area contributed by atoms with Crippen molar-refractivity contribution in [1.82, 2.24) is 0 Å². The molecule has 12 heteroatoms. The van der Waals surface area contributed by atoms with Crippen LogP contribution in [-0.2, 0) is 4.79 Å². The van der Waals surface area contributed by atoms with Gasteiger partial charge in [-0.25, -0.2) is 0 Å². The molecule has 0 aliphatic carbocycles. The molecule has 0 spiro atoms. The van der Waals surface area contributed by atoms with Crippen LogP contribution in [0.25, 0.3) is 0 Å². The summed E-state index contributed by atoms with van der Waals surface area (Å²) in [7, 11) is 0. The van der Waals surface area contributed by atoms with Gasteiger partial charge in [0.05, 0.1) is 25.1 Å². The lowest BCUT2D eigenvalue weighted by Crippen LogP contribution is -1.92. The smallest absolute Gasteiger partial charge is 0.300 e. The Hall–Kier alpha value is -0.170. The lowest BCUT2D eigenvalue weighted by molar-refractivity contribution is -0.134. The maximum absolute atomic E-state index is 9.74. The fourth-order valence-electron chi connectivity index (χ4n) is 1.43. The van der Waals surface area contributed by atoms with Gasteiger partial charge in [0.2, 0.25) is 0 Å². The molecule has 142 valence electrons. The third-order valence-corrected chi connectivity index (χ3v) is 5.64. The summed E-state index contributed by atoms with van der Waals surface area (Å²) < 4.78 is 5.48. The van der Waals surface area contributed by atoms with E-state index in [1.165, 1.54) is 6.07 Å². The van der Waals surface area contributed by atoms with Crippen molar-refractivity contribution in [2.75, 3.05) is 0 Å². The molecule has 0 bridgehead atoms. The second kappa shape index (κ2) is 9.85. The third-order valence-electron chi connectivity index (χ3n) is 2.48. The predicted octanol–water partition coefficient (Wildman–Crippen LogP) is 8.50. The number of hydrogen-bond acceptors (Lipinski definition) is 3. The number of phenols is 1. The number of carbonyl (C=O) groups is 1. The molecule has 0 heterocycles. The van der Waals surface area contributed by atoms with Crippen molar-refractivity contribution in [3.8, 4) is 17.2 Å². The molecule has 2 N–H and O–H groups in total. The summed E-state index contributed by atoms with van der Waals surface area (Å²) >= 11 is 47.5. The van der Waals surface area contributed by atoms with Gasteiger partial charge in [-0.2, -0.15) is 0 Å². The molecular weight excluding hydrogens is 516 g/mol. The number of hydrogen-bond donors (Lipinski definition) is 2. The summed E-state index contributed by atoms with van der Waals surface area (Å²) in [4.78, 5) is 9.00. The van der Waals surface area contributed by atoms with E-state index in [2.05, 4.69) is 0 Å². The number of carboxylic acids is 1. The molecule has 0 saturated heterocycles. The summed E-state index contributed by atoms with van der Waals surface area (Å²) in [6.45, 7) is 1.08. The maximum atomic E-state index is 9.74. The van der Waals surface area contributed by atoms with E-state index in [1.807, 2.05) is 0 Å². The van der Waals surface area contributed by atoms with E-state index in [0.717, 1.165) is 6.92 Å². The zero-order valence-corrected chi connectivity index (χ0v) is 18.4. The maximum Gasteiger partial charge on any atom is 0.300 e. The van der Waals surface area contributed by atoms with Crippen molar-refractivity contribution in [3.05, 3.63) is 46.2 Å². The Labute approximate surface area is 188 Å². The highest BCUT2D eigenvalue weighted by molar-refractivity contribution is 6.55. The zero-order chi connectivity index (χ0) is 20.3. The number of benzene rings is 2. The van der Waals surface area contributed by atoms with E-state index >= 15 is 0 Å². The molecule has 2 aromatic rings. The van der Waals surface area contributed by atoms with Crippen LogP contribution in [0, 0.1) is 0 Å². The first-order valence-corrected chi connectivity index (χ1v) is 9.17. The van der Waals surface area contributed by atoms with Crippen LogP contribution >= 0.6 is 92.8 Å². The van der Waals surface area contributed by atoms with Gasteiger partial charge in [-0.3, -0.25) is 4.79 Å². The quantitative estimate of drug-likeness (QED) is 0.307. The number of ether oxygens (including phenoxy) is 1. The van der Waals surface area contributed by atoms with Gasteiger partial charge in [-0.05, 0) is 6.07 Å². The standard InChI is InChI=1S/C12H2Cl8O2.C2H4O2/c13-2-1-3(14)11(9(20)10(2)21)22-12-7(18)5(16)4(15)6(17)8(12)19;1-2(3)4/h1,21H;1H3,(H,3,4). The van der Waals surface area contributed by atoms with Crippen LogP contribution in [0.4, 0.5) is 0 Å². The minimum absolute atomic E-state index is 0.0159. The van der Waals surface area contributed by atoms with Gasteiger partial charge in [0.15, 0.2) is 17.2 Å². The average molecular weight is 522 g/mol. The van der Waals surface area contributed by atoms with Crippen LogP contribution in [0.15, 0.2) is 6.07 Å². The van der Waals surface area contributed by atoms with E-state index < -0.39 is 11.7 Å². The highest BCUT2D eigenvalue weighted by Gasteiger charge is 2.24. The van der Waals surface area contributed by atoms with Crippen molar-refractivity contribution >= 4 is 98.8 Å². The second-order valence-electron chi connectivity index (χ2n) is 4.35.